The van der Waals surface area contributed by atoms with Gasteiger partial charge in [0, 0.05) is 51.7 Å². The highest BCUT2D eigenvalue weighted by molar-refractivity contribution is 6.30. The zero-order valence-electron chi connectivity index (χ0n) is 17.1. The topological polar surface area (TPSA) is 41.0 Å². The molecule has 0 bridgehead atoms. The van der Waals surface area contributed by atoms with Gasteiger partial charge < -0.3 is 14.5 Å². The van der Waals surface area contributed by atoms with Crippen LogP contribution in [0.25, 0.3) is 43.6 Å². The van der Waals surface area contributed by atoms with E-state index < -0.39 is 0 Å². The molecule has 1 amide bonds. The molecule has 3 heterocycles. The summed E-state index contributed by atoms with van der Waals surface area (Å²) in [5.41, 5.74) is 6.20. The SMILES string of the molecule is CCn1c2ccccc2c2c3c(c4c5ccccc5[nH]c4c21)C(C)(C)N(C)C3=O. The van der Waals surface area contributed by atoms with Gasteiger partial charge in [-0.05, 0) is 32.9 Å². The first-order valence-corrected chi connectivity index (χ1v) is 10.2. The second-order valence-corrected chi connectivity index (χ2v) is 8.58. The number of benzene rings is 3. The average molecular weight is 381 g/mol. The molecule has 0 fully saturated rings. The quantitative estimate of drug-likeness (QED) is 0.393. The van der Waals surface area contributed by atoms with Crippen molar-refractivity contribution in [3.05, 3.63) is 59.7 Å². The number of aryl methyl sites for hydroxylation is 1. The van der Waals surface area contributed by atoms with E-state index in [1.54, 1.807) is 0 Å². The molecule has 2 aromatic heterocycles. The van der Waals surface area contributed by atoms with Gasteiger partial charge in [-0.25, -0.2) is 0 Å². The van der Waals surface area contributed by atoms with Gasteiger partial charge in [0.1, 0.15) is 0 Å². The summed E-state index contributed by atoms with van der Waals surface area (Å²) in [7, 11) is 1.92. The van der Waals surface area contributed by atoms with Crippen LogP contribution in [0.2, 0.25) is 0 Å². The van der Waals surface area contributed by atoms with Gasteiger partial charge in [-0.2, -0.15) is 0 Å². The molecule has 5 aromatic rings. The van der Waals surface area contributed by atoms with Crippen molar-refractivity contribution in [1.82, 2.24) is 14.5 Å². The summed E-state index contributed by atoms with van der Waals surface area (Å²) in [6.07, 6.45) is 0. The number of nitrogens with zero attached hydrogens (tertiary/aromatic N) is 2. The summed E-state index contributed by atoms with van der Waals surface area (Å²) in [6.45, 7) is 7.33. The predicted octanol–water partition coefficient (Wildman–Crippen LogP) is 5.77. The summed E-state index contributed by atoms with van der Waals surface area (Å²) in [5.74, 6) is 0.112. The van der Waals surface area contributed by atoms with Crippen LogP contribution in [0.15, 0.2) is 48.5 Å². The third-order valence-corrected chi connectivity index (χ3v) is 6.95. The van der Waals surface area contributed by atoms with E-state index in [4.69, 9.17) is 0 Å². The van der Waals surface area contributed by atoms with Crippen molar-refractivity contribution >= 4 is 49.5 Å². The van der Waals surface area contributed by atoms with Crippen molar-refractivity contribution < 1.29 is 4.79 Å². The summed E-state index contributed by atoms with van der Waals surface area (Å²) >= 11 is 0. The van der Waals surface area contributed by atoms with Crippen LogP contribution in [-0.4, -0.2) is 27.4 Å². The first-order chi connectivity index (χ1) is 14.0. The minimum atomic E-state index is -0.376. The summed E-state index contributed by atoms with van der Waals surface area (Å²) in [5, 5.41) is 4.60. The number of carbonyl (C=O) groups is 1. The minimum absolute atomic E-state index is 0.112. The first-order valence-electron chi connectivity index (χ1n) is 10.2. The Morgan fingerprint density at radius 1 is 0.966 bits per heavy atom. The lowest BCUT2D eigenvalue weighted by molar-refractivity contribution is 0.0693. The van der Waals surface area contributed by atoms with Crippen LogP contribution in [0.4, 0.5) is 0 Å². The number of aromatic amines is 1. The van der Waals surface area contributed by atoms with Crippen molar-refractivity contribution in [3.8, 4) is 0 Å². The summed E-state index contributed by atoms with van der Waals surface area (Å²) in [6, 6.07) is 16.9. The van der Waals surface area contributed by atoms with Gasteiger partial charge in [0.05, 0.1) is 22.1 Å². The van der Waals surface area contributed by atoms with Crippen molar-refractivity contribution in [1.29, 1.82) is 0 Å². The van der Waals surface area contributed by atoms with Crippen LogP contribution in [0.5, 0.6) is 0 Å². The molecule has 6 rings (SSSR count). The zero-order chi connectivity index (χ0) is 20.1. The number of rotatable bonds is 1. The van der Waals surface area contributed by atoms with E-state index in [1.165, 1.54) is 16.3 Å². The number of para-hydroxylation sites is 2. The van der Waals surface area contributed by atoms with Crippen LogP contribution < -0.4 is 0 Å². The molecular weight excluding hydrogens is 358 g/mol. The molecule has 1 aliphatic heterocycles. The fraction of sp³-hybridized carbons (Fsp3) is 0.240. The van der Waals surface area contributed by atoms with Gasteiger partial charge in [-0.3, -0.25) is 4.79 Å². The van der Waals surface area contributed by atoms with Crippen molar-refractivity contribution in [2.45, 2.75) is 32.9 Å². The fourth-order valence-electron chi connectivity index (χ4n) is 5.39. The molecule has 0 radical (unpaired) electrons. The lowest BCUT2D eigenvalue weighted by atomic mass is 9.87. The average Bonchev–Trinajstić information content (AvgIpc) is 3.32. The Bertz CT molecular complexity index is 1500. The minimum Gasteiger partial charge on any atom is -0.353 e. The molecule has 0 spiro atoms. The van der Waals surface area contributed by atoms with Crippen LogP contribution >= 0.6 is 0 Å². The number of nitrogens with one attached hydrogen (secondary N) is 1. The van der Waals surface area contributed by atoms with E-state index in [1.807, 2.05) is 11.9 Å². The molecule has 3 aromatic carbocycles. The van der Waals surface area contributed by atoms with Gasteiger partial charge in [-0.15, -0.1) is 0 Å². The van der Waals surface area contributed by atoms with Gasteiger partial charge in [-0.1, -0.05) is 36.4 Å². The van der Waals surface area contributed by atoms with Gasteiger partial charge in [0.2, 0.25) is 0 Å². The molecule has 4 heteroatoms. The van der Waals surface area contributed by atoms with Crippen LogP contribution in [0, 0.1) is 0 Å². The monoisotopic (exact) mass is 381 g/mol. The molecule has 4 nitrogen and oxygen atoms in total. The Hall–Kier alpha value is -3.27. The smallest absolute Gasteiger partial charge is 0.255 e. The molecule has 29 heavy (non-hydrogen) atoms. The van der Waals surface area contributed by atoms with Crippen molar-refractivity contribution in [2.24, 2.45) is 0 Å². The molecule has 0 saturated heterocycles. The van der Waals surface area contributed by atoms with E-state index in [0.717, 1.165) is 45.0 Å². The standard InChI is InChI=1S/C25H23N3O/c1-5-28-17-13-9-7-11-15(17)18-20-21(25(2,3)27(4)24(20)29)19-14-10-6-8-12-16(14)26-22(19)23(18)28/h6-13,26H,5H2,1-4H3. The molecule has 1 N–H and O–H groups in total. The highest BCUT2D eigenvalue weighted by Crippen LogP contribution is 2.50. The van der Waals surface area contributed by atoms with E-state index in [2.05, 4.69) is 78.9 Å². The van der Waals surface area contributed by atoms with Crippen LogP contribution in [-0.2, 0) is 12.1 Å². The number of hydrogen-bond acceptors (Lipinski definition) is 1. The number of fused-ring (bicyclic) bond motifs is 10. The number of carbonyl (C=O) groups excluding carboxylic acids is 1. The van der Waals surface area contributed by atoms with Crippen LogP contribution in [0.1, 0.15) is 36.7 Å². The second-order valence-electron chi connectivity index (χ2n) is 8.58. The van der Waals surface area contributed by atoms with E-state index in [9.17, 15) is 4.79 Å². The van der Waals surface area contributed by atoms with Gasteiger partial charge in [0.25, 0.3) is 5.91 Å². The Labute approximate surface area is 168 Å². The maximum atomic E-state index is 13.6. The molecule has 0 unspecified atom stereocenters. The summed E-state index contributed by atoms with van der Waals surface area (Å²) in [4.78, 5) is 19.2. The zero-order valence-corrected chi connectivity index (χ0v) is 17.1. The van der Waals surface area contributed by atoms with E-state index in [-0.39, 0.29) is 11.4 Å². The number of H-pyrrole nitrogens is 1. The lowest BCUT2D eigenvalue weighted by Crippen LogP contribution is -2.35. The molecular formula is C25H23N3O. The second kappa shape index (κ2) is 5.20. The Morgan fingerprint density at radius 3 is 2.41 bits per heavy atom. The highest BCUT2D eigenvalue weighted by Gasteiger charge is 2.45. The largest absolute Gasteiger partial charge is 0.353 e. The van der Waals surface area contributed by atoms with Gasteiger partial charge in [0.15, 0.2) is 0 Å². The third-order valence-electron chi connectivity index (χ3n) is 6.95. The maximum Gasteiger partial charge on any atom is 0.255 e. The lowest BCUT2D eigenvalue weighted by Gasteiger charge is -2.29. The summed E-state index contributed by atoms with van der Waals surface area (Å²) < 4.78 is 2.35. The first kappa shape index (κ1) is 16.7. The molecule has 144 valence electrons. The highest BCUT2D eigenvalue weighted by atomic mass is 16.2. The number of hydrogen-bond donors (Lipinski definition) is 1. The fourth-order valence-corrected chi connectivity index (χ4v) is 5.39. The number of aromatic nitrogens is 2. The van der Waals surface area contributed by atoms with Crippen molar-refractivity contribution in [3.63, 3.8) is 0 Å². The maximum absolute atomic E-state index is 13.6. The molecule has 1 aliphatic rings. The Kier molecular flexibility index (Phi) is 2.99. The normalized spacial score (nSPS) is 16.0. The Morgan fingerprint density at radius 2 is 1.66 bits per heavy atom. The third kappa shape index (κ3) is 1.78. The molecule has 0 aliphatic carbocycles. The van der Waals surface area contributed by atoms with Crippen LogP contribution in [0.3, 0.4) is 0 Å². The molecule has 0 atom stereocenters. The predicted molar refractivity (Wildman–Crippen MR) is 120 cm³/mol. The van der Waals surface area contributed by atoms with Crippen molar-refractivity contribution in [2.75, 3.05) is 7.05 Å². The van der Waals surface area contributed by atoms with Gasteiger partial charge >= 0.3 is 0 Å². The van der Waals surface area contributed by atoms with E-state index >= 15 is 0 Å². The number of amides is 1. The van der Waals surface area contributed by atoms with E-state index in [0.29, 0.717) is 0 Å². The molecule has 0 saturated carbocycles. The Balaban J connectivity index is 2.04.